The van der Waals surface area contributed by atoms with E-state index in [1.165, 1.54) is 0 Å². The third-order valence-electron chi connectivity index (χ3n) is 2.16. The van der Waals surface area contributed by atoms with Crippen LogP contribution in [-0.2, 0) is 11.3 Å². The van der Waals surface area contributed by atoms with E-state index in [4.69, 9.17) is 26.2 Å². The molecule has 0 aliphatic carbocycles. The lowest BCUT2D eigenvalue weighted by Gasteiger charge is -2.12. The number of nitrogens with one attached hydrogen (secondary N) is 1. The minimum absolute atomic E-state index is 0.0960. The molecule has 0 amide bonds. The maximum absolute atomic E-state index is 9.10. The molecule has 0 saturated carbocycles. The van der Waals surface area contributed by atoms with Crippen LogP contribution in [0.25, 0.3) is 0 Å². The lowest BCUT2D eigenvalue weighted by atomic mass is 10.2. The van der Waals surface area contributed by atoms with E-state index in [2.05, 4.69) is 5.32 Å². The van der Waals surface area contributed by atoms with Crippen molar-refractivity contribution in [3.05, 3.63) is 22.7 Å². The van der Waals surface area contributed by atoms with E-state index in [1.54, 1.807) is 26.4 Å². The first-order valence-corrected chi connectivity index (χ1v) is 5.30. The van der Waals surface area contributed by atoms with Crippen LogP contribution in [0.3, 0.4) is 0 Å². The Balaban J connectivity index is 2.84. The second-order valence-corrected chi connectivity index (χ2v) is 3.63. The van der Waals surface area contributed by atoms with Gasteiger partial charge in [0.2, 0.25) is 0 Å². The fraction of sp³-hybridized carbons (Fsp3) is 0.455. The maximum atomic E-state index is 9.10. The number of rotatable bonds is 6. The summed E-state index contributed by atoms with van der Waals surface area (Å²) >= 11 is 6.05. The maximum Gasteiger partial charge on any atom is 0.126 e. The van der Waals surface area contributed by atoms with Gasteiger partial charge in [0, 0.05) is 25.3 Å². The highest BCUT2D eigenvalue weighted by molar-refractivity contribution is 6.33. The summed E-state index contributed by atoms with van der Waals surface area (Å²) in [4.78, 5) is 0. The molecular weight excluding hydrogens is 230 g/mol. The van der Waals surface area contributed by atoms with Crippen LogP contribution < -0.4 is 10.1 Å². The van der Waals surface area contributed by atoms with E-state index in [0.717, 1.165) is 5.69 Å². The van der Waals surface area contributed by atoms with Gasteiger partial charge in [-0.25, -0.2) is 0 Å². The number of benzene rings is 1. The van der Waals surface area contributed by atoms with Gasteiger partial charge in [0.15, 0.2) is 0 Å². The third kappa shape index (κ3) is 3.27. The molecule has 16 heavy (non-hydrogen) atoms. The van der Waals surface area contributed by atoms with Gasteiger partial charge in [-0.05, 0) is 6.07 Å². The van der Waals surface area contributed by atoms with Gasteiger partial charge in [0.05, 0.1) is 31.0 Å². The molecule has 0 atom stereocenters. The highest BCUT2D eigenvalue weighted by atomic mass is 35.5. The van der Waals surface area contributed by atoms with Crippen LogP contribution in [0.2, 0.25) is 5.02 Å². The summed E-state index contributed by atoms with van der Waals surface area (Å²) in [5.41, 5.74) is 1.44. The number of halogens is 1. The molecule has 1 rings (SSSR count). The van der Waals surface area contributed by atoms with Crippen molar-refractivity contribution in [1.29, 1.82) is 0 Å². The molecule has 0 aromatic heterocycles. The first-order valence-electron chi connectivity index (χ1n) is 4.93. The topological polar surface area (TPSA) is 50.7 Å². The van der Waals surface area contributed by atoms with Gasteiger partial charge in [-0.1, -0.05) is 11.6 Å². The van der Waals surface area contributed by atoms with E-state index in [-0.39, 0.29) is 6.61 Å². The molecule has 0 radical (unpaired) electrons. The van der Waals surface area contributed by atoms with E-state index >= 15 is 0 Å². The molecule has 0 aliphatic rings. The predicted molar refractivity (Wildman–Crippen MR) is 64.3 cm³/mol. The van der Waals surface area contributed by atoms with Gasteiger partial charge in [-0.3, -0.25) is 0 Å². The smallest absolute Gasteiger partial charge is 0.126 e. The summed E-state index contributed by atoms with van der Waals surface area (Å²) in [5, 5.41) is 12.8. The monoisotopic (exact) mass is 245 g/mol. The number of ether oxygens (including phenoxy) is 2. The molecule has 0 unspecified atom stereocenters. The van der Waals surface area contributed by atoms with Crippen molar-refractivity contribution >= 4 is 17.3 Å². The molecule has 90 valence electrons. The van der Waals surface area contributed by atoms with Crippen molar-refractivity contribution in [3.8, 4) is 5.75 Å². The summed E-state index contributed by atoms with van der Waals surface area (Å²) in [6.45, 7) is 1.17. The predicted octanol–water partition coefficient (Wildman–Crippen LogP) is 1.90. The van der Waals surface area contributed by atoms with Crippen molar-refractivity contribution in [2.75, 3.05) is 32.7 Å². The van der Waals surface area contributed by atoms with Crippen LogP contribution in [0.1, 0.15) is 5.56 Å². The average molecular weight is 246 g/mol. The number of hydrogen-bond donors (Lipinski definition) is 2. The molecule has 0 saturated heterocycles. The van der Waals surface area contributed by atoms with Crippen LogP contribution in [-0.4, -0.2) is 32.5 Å². The van der Waals surface area contributed by atoms with E-state index in [0.29, 0.717) is 29.5 Å². The van der Waals surface area contributed by atoms with E-state index in [1.807, 2.05) is 0 Å². The fourth-order valence-electron chi connectivity index (χ4n) is 1.33. The van der Waals surface area contributed by atoms with Crippen molar-refractivity contribution in [2.24, 2.45) is 0 Å². The molecule has 2 N–H and O–H groups in total. The standard InChI is InChI=1S/C11H16ClNO3/c1-15-4-3-13-10-6-11(16-2)8(7-14)5-9(10)12/h5-6,13-14H,3-4,7H2,1-2H3. The molecule has 1 aromatic carbocycles. The summed E-state index contributed by atoms with van der Waals surface area (Å²) in [6, 6.07) is 3.46. The van der Waals surface area contributed by atoms with Crippen LogP contribution >= 0.6 is 11.6 Å². The van der Waals surface area contributed by atoms with Gasteiger partial charge < -0.3 is 19.9 Å². The van der Waals surface area contributed by atoms with Crippen molar-refractivity contribution < 1.29 is 14.6 Å². The van der Waals surface area contributed by atoms with Crippen LogP contribution in [0.5, 0.6) is 5.75 Å². The van der Waals surface area contributed by atoms with Gasteiger partial charge >= 0.3 is 0 Å². The summed E-state index contributed by atoms with van der Waals surface area (Å²) in [7, 11) is 3.19. The fourth-order valence-corrected chi connectivity index (χ4v) is 1.58. The Kier molecular flexibility index (Phi) is 5.38. The molecule has 0 aliphatic heterocycles. The molecule has 0 bridgehead atoms. The highest BCUT2D eigenvalue weighted by Gasteiger charge is 2.08. The lowest BCUT2D eigenvalue weighted by molar-refractivity contribution is 0.211. The molecular formula is C11H16ClNO3. The van der Waals surface area contributed by atoms with Crippen molar-refractivity contribution in [1.82, 2.24) is 0 Å². The Hall–Kier alpha value is -0.970. The van der Waals surface area contributed by atoms with Crippen molar-refractivity contribution in [2.45, 2.75) is 6.61 Å². The lowest BCUT2D eigenvalue weighted by Crippen LogP contribution is -2.08. The van der Waals surface area contributed by atoms with Gasteiger partial charge in [0.25, 0.3) is 0 Å². The largest absolute Gasteiger partial charge is 0.496 e. The zero-order chi connectivity index (χ0) is 12.0. The molecule has 0 fully saturated rings. The Morgan fingerprint density at radius 3 is 2.69 bits per heavy atom. The average Bonchev–Trinajstić information content (AvgIpc) is 2.31. The SMILES string of the molecule is COCCNc1cc(OC)c(CO)cc1Cl. The van der Waals surface area contributed by atoms with Crippen molar-refractivity contribution in [3.63, 3.8) is 0 Å². The highest BCUT2D eigenvalue weighted by Crippen LogP contribution is 2.30. The first kappa shape index (κ1) is 13.1. The number of aliphatic hydroxyl groups is 1. The number of aliphatic hydroxyl groups excluding tert-OH is 1. The van der Waals surface area contributed by atoms with Crippen LogP contribution in [0.4, 0.5) is 5.69 Å². The Morgan fingerprint density at radius 1 is 1.38 bits per heavy atom. The zero-order valence-corrected chi connectivity index (χ0v) is 10.2. The minimum atomic E-state index is -0.0960. The van der Waals surface area contributed by atoms with Crippen LogP contribution in [0, 0.1) is 0 Å². The molecule has 4 nitrogen and oxygen atoms in total. The normalized spacial score (nSPS) is 10.2. The molecule has 5 heteroatoms. The third-order valence-corrected chi connectivity index (χ3v) is 2.47. The molecule has 0 spiro atoms. The van der Waals surface area contributed by atoms with Gasteiger partial charge in [0.1, 0.15) is 5.75 Å². The quantitative estimate of drug-likeness (QED) is 0.752. The molecule has 1 aromatic rings. The molecule has 0 heterocycles. The summed E-state index contributed by atoms with van der Waals surface area (Å²) < 4.78 is 10.1. The second-order valence-electron chi connectivity index (χ2n) is 3.22. The van der Waals surface area contributed by atoms with Gasteiger partial charge in [-0.15, -0.1) is 0 Å². The first-order chi connectivity index (χ1) is 7.72. The number of methoxy groups -OCH3 is 2. The zero-order valence-electron chi connectivity index (χ0n) is 9.42. The second kappa shape index (κ2) is 6.58. The van der Waals surface area contributed by atoms with E-state index in [9.17, 15) is 0 Å². The number of hydrogen-bond acceptors (Lipinski definition) is 4. The van der Waals surface area contributed by atoms with Crippen LogP contribution in [0.15, 0.2) is 12.1 Å². The van der Waals surface area contributed by atoms with Gasteiger partial charge in [-0.2, -0.15) is 0 Å². The Labute approximate surface area is 100 Å². The Bertz CT molecular complexity index is 344. The Morgan fingerprint density at radius 2 is 2.12 bits per heavy atom. The van der Waals surface area contributed by atoms with E-state index < -0.39 is 0 Å². The minimum Gasteiger partial charge on any atom is -0.496 e. The summed E-state index contributed by atoms with van der Waals surface area (Å²) in [6.07, 6.45) is 0. The number of anilines is 1. The summed E-state index contributed by atoms with van der Waals surface area (Å²) in [5.74, 6) is 0.617.